The van der Waals surface area contributed by atoms with Crippen LogP contribution < -0.4 is 5.32 Å². The van der Waals surface area contributed by atoms with Gasteiger partial charge >= 0.3 is 0 Å². The van der Waals surface area contributed by atoms with Crippen molar-refractivity contribution in [2.75, 3.05) is 12.4 Å². The number of carbonyl (C=O) groups excluding carboxylic acids is 1. The molecule has 3 nitrogen and oxygen atoms in total. The van der Waals surface area contributed by atoms with E-state index in [0.29, 0.717) is 12.4 Å². The summed E-state index contributed by atoms with van der Waals surface area (Å²) < 4.78 is 12.9. The molecule has 0 unspecified atom stereocenters. The second-order valence-electron chi connectivity index (χ2n) is 4.51. The van der Waals surface area contributed by atoms with Crippen molar-refractivity contribution in [1.29, 1.82) is 0 Å². The van der Waals surface area contributed by atoms with Gasteiger partial charge in [-0.2, -0.15) is 0 Å². The van der Waals surface area contributed by atoms with Crippen LogP contribution in [0.15, 0.2) is 18.5 Å². The fraction of sp³-hybridized carbons (Fsp3) is 0.500. The summed E-state index contributed by atoms with van der Waals surface area (Å²) in [4.78, 5) is 15.4. The molecule has 1 heterocycles. The molecule has 17 heavy (non-hydrogen) atoms. The number of aromatic nitrogens is 1. The lowest BCUT2D eigenvalue weighted by molar-refractivity contribution is 0.0943. The molecule has 0 atom stereocenters. The molecule has 0 spiro atoms. The highest BCUT2D eigenvalue weighted by molar-refractivity contribution is 6.17. The fourth-order valence-corrected chi connectivity index (χ4v) is 2.20. The van der Waals surface area contributed by atoms with Crippen molar-refractivity contribution >= 4 is 17.5 Å². The lowest BCUT2D eigenvalue weighted by atomic mass is 10.0. The Kier molecular flexibility index (Phi) is 3.62. The van der Waals surface area contributed by atoms with Crippen molar-refractivity contribution in [2.24, 2.45) is 5.41 Å². The van der Waals surface area contributed by atoms with Crippen LogP contribution >= 0.6 is 11.6 Å². The standard InChI is InChI=1S/C12H14ClFN2O/c13-4-3-12(1-2-12)8-16-11(17)9-5-10(14)7-15-6-9/h5-7H,1-4,8H2,(H,16,17). The molecule has 1 aliphatic carbocycles. The van der Waals surface area contributed by atoms with Crippen LogP contribution in [-0.4, -0.2) is 23.3 Å². The van der Waals surface area contributed by atoms with Gasteiger partial charge < -0.3 is 5.32 Å². The van der Waals surface area contributed by atoms with Crippen molar-refractivity contribution < 1.29 is 9.18 Å². The summed E-state index contributed by atoms with van der Waals surface area (Å²) in [6.45, 7) is 0.606. The quantitative estimate of drug-likeness (QED) is 0.822. The minimum atomic E-state index is -0.500. The maximum Gasteiger partial charge on any atom is 0.252 e. The Morgan fingerprint density at radius 3 is 2.88 bits per heavy atom. The van der Waals surface area contributed by atoms with Gasteiger partial charge in [-0.1, -0.05) is 0 Å². The Morgan fingerprint density at radius 1 is 1.53 bits per heavy atom. The Labute approximate surface area is 104 Å². The Bertz CT molecular complexity index is 421. The van der Waals surface area contributed by atoms with E-state index in [1.807, 2.05) is 0 Å². The van der Waals surface area contributed by atoms with Crippen molar-refractivity contribution in [3.05, 3.63) is 29.8 Å². The number of rotatable bonds is 5. The highest BCUT2D eigenvalue weighted by Crippen LogP contribution is 2.48. The number of nitrogens with zero attached hydrogens (tertiary/aromatic N) is 1. The highest BCUT2D eigenvalue weighted by atomic mass is 35.5. The average molecular weight is 257 g/mol. The van der Waals surface area contributed by atoms with Gasteiger partial charge in [-0.05, 0) is 30.7 Å². The van der Waals surface area contributed by atoms with Crippen molar-refractivity contribution in [1.82, 2.24) is 10.3 Å². The van der Waals surface area contributed by atoms with Crippen LogP contribution in [0.1, 0.15) is 29.6 Å². The van der Waals surface area contributed by atoms with E-state index in [-0.39, 0.29) is 16.9 Å². The molecule has 0 saturated heterocycles. The molecule has 2 rings (SSSR count). The van der Waals surface area contributed by atoms with Gasteiger partial charge in [0.05, 0.1) is 11.8 Å². The second-order valence-corrected chi connectivity index (χ2v) is 4.89. The predicted octanol–water partition coefficient (Wildman–Crippen LogP) is 2.36. The zero-order valence-corrected chi connectivity index (χ0v) is 10.1. The summed E-state index contributed by atoms with van der Waals surface area (Å²) in [6, 6.07) is 1.18. The molecular formula is C12H14ClFN2O. The summed E-state index contributed by atoms with van der Waals surface area (Å²) in [5.74, 6) is -0.172. The summed E-state index contributed by atoms with van der Waals surface area (Å²) in [5.41, 5.74) is 0.435. The third-order valence-corrected chi connectivity index (χ3v) is 3.36. The van der Waals surface area contributed by atoms with Crippen LogP contribution in [0, 0.1) is 11.2 Å². The largest absolute Gasteiger partial charge is 0.351 e. The number of nitrogens with one attached hydrogen (secondary N) is 1. The number of hydrogen-bond donors (Lipinski definition) is 1. The molecule has 0 aliphatic heterocycles. The lowest BCUT2D eigenvalue weighted by Gasteiger charge is -2.14. The predicted molar refractivity (Wildman–Crippen MR) is 63.5 cm³/mol. The zero-order chi connectivity index (χ0) is 12.3. The maximum absolute atomic E-state index is 12.9. The van der Waals surface area contributed by atoms with Crippen LogP contribution in [0.25, 0.3) is 0 Å². The first-order valence-electron chi connectivity index (χ1n) is 5.60. The van der Waals surface area contributed by atoms with Crippen LogP contribution in [-0.2, 0) is 0 Å². The minimum absolute atomic E-state index is 0.179. The first-order chi connectivity index (χ1) is 8.15. The maximum atomic E-state index is 12.9. The van der Waals surface area contributed by atoms with E-state index in [2.05, 4.69) is 10.3 Å². The summed E-state index contributed by atoms with van der Waals surface area (Å²) in [7, 11) is 0. The normalized spacial score (nSPS) is 16.6. The molecule has 92 valence electrons. The molecule has 1 aliphatic rings. The van der Waals surface area contributed by atoms with Gasteiger partial charge in [0.15, 0.2) is 0 Å². The smallest absolute Gasteiger partial charge is 0.252 e. The van der Waals surface area contributed by atoms with Gasteiger partial charge in [0.2, 0.25) is 0 Å². The Morgan fingerprint density at radius 2 is 2.29 bits per heavy atom. The van der Waals surface area contributed by atoms with Crippen LogP contribution in [0.5, 0.6) is 0 Å². The summed E-state index contributed by atoms with van der Waals surface area (Å²) >= 11 is 5.71. The van der Waals surface area contributed by atoms with Gasteiger partial charge in [-0.3, -0.25) is 9.78 Å². The molecule has 1 aromatic heterocycles. The van der Waals surface area contributed by atoms with Gasteiger partial charge in [-0.25, -0.2) is 4.39 Å². The van der Waals surface area contributed by atoms with E-state index in [1.165, 1.54) is 12.3 Å². The summed E-state index contributed by atoms with van der Waals surface area (Å²) in [6.07, 6.45) is 5.55. The number of carbonyl (C=O) groups is 1. The Balaban J connectivity index is 1.90. The monoisotopic (exact) mass is 256 g/mol. The van der Waals surface area contributed by atoms with E-state index >= 15 is 0 Å². The van der Waals surface area contributed by atoms with E-state index in [0.717, 1.165) is 25.5 Å². The number of amides is 1. The van der Waals surface area contributed by atoms with Crippen molar-refractivity contribution in [3.63, 3.8) is 0 Å². The number of hydrogen-bond acceptors (Lipinski definition) is 2. The van der Waals surface area contributed by atoms with Gasteiger partial charge in [0.1, 0.15) is 5.82 Å². The Hall–Kier alpha value is -1.16. The summed E-state index contributed by atoms with van der Waals surface area (Å²) in [5, 5.41) is 2.81. The molecule has 1 amide bonds. The average Bonchev–Trinajstić information content (AvgIpc) is 3.07. The SMILES string of the molecule is O=C(NCC1(CCCl)CC1)c1cncc(F)c1. The number of alkyl halides is 1. The lowest BCUT2D eigenvalue weighted by Crippen LogP contribution is -2.30. The molecule has 0 aromatic carbocycles. The first kappa shape index (κ1) is 12.3. The van der Waals surface area contributed by atoms with Gasteiger partial charge in [0, 0.05) is 18.6 Å². The number of pyridine rings is 1. The molecular weight excluding hydrogens is 243 g/mol. The van der Waals surface area contributed by atoms with Crippen molar-refractivity contribution in [2.45, 2.75) is 19.3 Å². The molecule has 0 radical (unpaired) electrons. The first-order valence-corrected chi connectivity index (χ1v) is 6.13. The molecule has 1 saturated carbocycles. The van der Waals surface area contributed by atoms with Crippen LogP contribution in [0.2, 0.25) is 0 Å². The van der Waals surface area contributed by atoms with Crippen LogP contribution in [0.4, 0.5) is 4.39 Å². The molecule has 5 heteroatoms. The third kappa shape index (κ3) is 3.16. The topological polar surface area (TPSA) is 42.0 Å². The molecule has 1 aromatic rings. The number of halogens is 2. The van der Waals surface area contributed by atoms with E-state index in [4.69, 9.17) is 11.6 Å². The zero-order valence-electron chi connectivity index (χ0n) is 9.38. The van der Waals surface area contributed by atoms with E-state index in [9.17, 15) is 9.18 Å². The van der Waals surface area contributed by atoms with E-state index < -0.39 is 5.82 Å². The molecule has 0 bridgehead atoms. The minimum Gasteiger partial charge on any atom is -0.351 e. The molecule has 1 fully saturated rings. The van der Waals surface area contributed by atoms with E-state index in [1.54, 1.807) is 0 Å². The van der Waals surface area contributed by atoms with Gasteiger partial charge in [-0.15, -0.1) is 11.6 Å². The second kappa shape index (κ2) is 5.00. The third-order valence-electron chi connectivity index (χ3n) is 3.17. The molecule has 1 N–H and O–H groups in total. The van der Waals surface area contributed by atoms with Crippen molar-refractivity contribution in [3.8, 4) is 0 Å². The fourth-order valence-electron chi connectivity index (χ4n) is 1.80. The van der Waals surface area contributed by atoms with Crippen LogP contribution in [0.3, 0.4) is 0 Å². The van der Waals surface area contributed by atoms with Gasteiger partial charge in [0.25, 0.3) is 5.91 Å². The highest BCUT2D eigenvalue weighted by Gasteiger charge is 2.41.